The van der Waals surface area contributed by atoms with E-state index in [-0.39, 0.29) is 12.2 Å². The van der Waals surface area contributed by atoms with Crippen LogP contribution in [0.3, 0.4) is 0 Å². The summed E-state index contributed by atoms with van der Waals surface area (Å²) in [6.45, 7) is 0. The summed E-state index contributed by atoms with van der Waals surface area (Å²) in [4.78, 5) is 10.6. The summed E-state index contributed by atoms with van der Waals surface area (Å²) in [5.74, 6) is -1.63. The van der Waals surface area contributed by atoms with Crippen molar-refractivity contribution in [1.29, 1.82) is 0 Å². The molecule has 2 N–H and O–H groups in total. The fourth-order valence-corrected chi connectivity index (χ4v) is 1.96. The van der Waals surface area contributed by atoms with Gasteiger partial charge in [0.1, 0.15) is 5.92 Å². The first-order valence-electron chi connectivity index (χ1n) is 3.76. The van der Waals surface area contributed by atoms with Crippen LogP contribution < -0.4 is 0 Å². The average molecular weight is 158 g/mol. The Balaban J connectivity index is 2.17. The Morgan fingerprint density at radius 2 is 2.00 bits per heavy atom. The molecular formula is C7H10O4. The highest BCUT2D eigenvalue weighted by molar-refractivity contribution is 5.72. The van der Waals surface area contributed by atoms with Crippen molar-refractivity contribution in [3.8, 4) is 0 Å². The summed E-state index contributed by atoms with van der Waals surface area (Å²) in [5.41, 5.74) is 0. The third-order valence-electron chi connectivity index (χ3n) is 2.52. The molecular weight excluding hydrogens is 148 g/mol. The second-order valence-corrected chi connectivity index (χ2v) is 3.14. The molecule has 4 heteroatoms. The van der Waals surface area contributed by atoms with Gasteiger partial charge in [-0.2, -0.15) is 0 Å². The molecule has 2 bridgehead atoms. The zero-order valence-corrected chi connectivity index (χ0v) is 5.93. The van der Waals surface area contributed by atoms with Crippen LogP contribution in [0, 0.1) is 5.92 Å². The molecule has 2 aliphatic heterocycles. The highest BCUT2D eigenvalue weighted by atomic mass is 16.5. The predicted molar refractivity (Wildman–Crippen MR) is 35.0 cm³/mol. The zero-order chi connectivity index (χ0) is 8.01. The molecule has 4 unspecified atom stereocenters. The second-order valence-electron chi connectivity index (χ2n) is 3.14. The molecule has 0 amide bonds. The minimum absolute atomic E-state index is 0.221. The minimum Gasteiger partial charge on any atom is -0.481 e. The molecule has 11 heavy (non-hydrogen) atoms. The quantitative estimate of drug-likeness (QED) is 0.545. The fraction of sp³-hybridized carbons (Fsp3) is 0.857. The van der Waals surface area contributed by atoms with E-state index in [1.807, 2.05) is 0 Å². The highest BCUT2D eigenvalue weighted by Crippen LogP contribution is 2.38. The summed E-state index contributed by atoms with van der Waals surface area (Å²) in [5, 5.41) is 18.0. The van der Waals surface area contributed by atoms with E-state index >= 15 is 0 Å². The number of carboxylic acids is 1. The van der Waals surface area contributed by atoms with Crippen molar-refractivity contribution in [3.63, 3.8) is 0 Å². The van der Waals surface area contributed by atoms with Crippen LogP contribution in [-0.2, 0) is 9.53 Å². The van der Waals surface area contributed by atoms with Crippen LogP contribution in [-0.4, -0.2) is 34.5 Å². The van der Waals surface area contributed by atoms with Crippen LogP contribution in [0.25, 0.3) is 0 Å². The van der Waals surface area contributed by atoms with Crippen molar-refractivity contribution in [3.05, 3.63) is 0 Å². The maximum Gasteiger partial charge on any atom is 0.311 e. The predicted octanol–water partition coefficient (Wildman–Crippen LogP) is -0.391. The normalized spacial score (nSPS) is 48.1. The first-order chi connectivity index (χ1) is 5.20. The van der Waals surface area contributed by atoms with E-state index in [0.717, 1.165) is 12.8 Å². The molecule has 4 atom stereocenters. The molecule has 2 heterocycles. The van der Waals surface area contributed by atoms with E-state index in [2.05, 4.69) is 0 Å². The molecule has 0 aromatic rings. The maximum atomic E-state index is 10.6. The molecule has 0 aliphatic carbocycles. The second kappa shape index (κ2) is 2.19. The van der Waals surface area contributed by atoms with Crippen molar-refractivity contribution < 1.29 is 19.7 Å². The summed E-state index contributed by atoms with van der Waals surface area (Å²) in [7, 11) is 0. The lowest BCUT2D eigenvalue weighted by Crippen LogP contribution is -2.37. The number of carboxylic acid groups (broad SMARTS) is 1. The van der Waals surface area contributed by atoms with Gasteiger partial charge in [-0.15, -0.1) is 0 Å². The van der Waals surface area contributed by atoms with Gasteiger partial charge in [-0.3, -0.25) is 4.79 Å². The average Bonchev–Trinajstić information content (AvgIpc) is 2.44. The number of carbonyl (C=O) groups is 1. The Labute approximate surface area is 63.8 Å². The van der Waals surface area contributed by atoms with Gasteiger partial charge in [-0.25, -0.2) is 0 Å². The Morgan fingerprint density at radius 1 is 1.36 bits per heavy atom. The summed E-state index contributed by atoms with van der Waals surface area (Å²) in [6.07, 6.45) is 0.328. The van der Waals surface area contributed by atoms with Crippen LogP contribution in [0.4, 0.5) is 0 Å². The molecule has 0 spiro atoms. The fourth-order valence-electron chi connectivity index (χ4n) is 1.96. The first-order valence-corrected chi connectivity index (χ1v) is 3.76. The van der Waals surface area contributed by atoms with Crippen LogP contribution in [0.5, 0.6) is 0 Å². The summed E-state index contributed by atoms with van der Waals surface area (Å²) < 4.78 is 5.23. The lowest BCUT2D eigenvalue weighted by Gasteiger charge is -2.19. The van der Waals surface area contributed by atoms with Crippen molar-refractivity contribution >= 4 is 5.97 Å². The first kappa shape index (κ1) is 7.06. The Hall–Kier alpha value is -0.610. The molecule has 0 radical (unpaired) electrons. The van der Waals surface area contributed by atoms with Gasteiger partial charge >= 0.3 is 5.97 Å². The van der Waals surface area contributed by atoms with Crippen molar-refractivity contribution in [2.24, 2.45) is 5.92 Å². The van der Waals surface area contributed by atoms with Gasteiger partial charge < -0.3 is 14.9 Å². The van der Waals surface area contributed by atoms with E-state index in [4.69, 9.17) is 9.84 Å². The van der Waals surface area contributed by atoms with E-state index in [1.165, 1.54) is 0 Å². The van der Waals surface area contributed by atoms with Gasteiger partial charge in [0.25, 0.3) is 0 Å². The Kier molecular flexibility index (Phi) is 1.40. The number of hydrogen-bond donors (Lipinski definition) is 2. The standard InChI is InChI=1S/C7H10O4/c8-6-4-2-1-3(11-4)5(6)7(9)10/h3-6,8H,1-2H2,(H,9,10). The van der Waals surface area contributed by atoms with Crippen LogP contribution in [0.1, 0.15) is 12.8 Å². The van der Waals surface area contributed by atoms with Crippen LogP contribution >= 0.6 is 0 Å². The summed E-state index contributed by atoms with van der Waals surface area (Å²) >= 11 is 0. The number of ether oxygens (including phenoxy) is 1. The number of hydrogen-bond acceptors (Lipinski definition) is 3. The molecule has 0 saturated carbocycles. The van der Waals surface area contributed by atoms with Gasteiger partial charge in [0.15, 0.2) is 0 Å². The number of rotatable bonds is 1. The maximum absolute atomic E-state index is 10.6. The Morgan fingerprint density at radius 3 is 2.36 bits per heavy atom. The molecule has 2 aliphatic rings. The van der Waals surface area contributed by atoms with Crippen LogP contribution in [0.15, 0.2) is 0 Å². The van der Waals surface area contributed by atoms with E-state index in [9.17, 15) is 9.90 Å². The lowest BCUT2D eigenvalue weighted by atomic mass is 9.87. The summed E-state index contributed by atoms with van der Waals surface area (Å²) in [6, 6.07) is 0. The monoisotopic (exact) mass is 158 g/mol. The zero-order valence-electron chi connectivity index (χ0n) is 5.93. The number of aliphatic carboxylic acids is 1. The number of aliphatic hydroxyl groups excluding tert-OH is 1. The van der Waals surface area contributed by atoms with Crippen LogP contribution in [0.2, 0.25) is 0 Å². The molecule has 4 nitrogen and oxygen atoms in total. The van der Waals surface area contributed by atoms with E-state index < -0.39 is 18.0 Å². The van der Waals surface area contributed by atoms with Gasteiger partial charge in [0, 0.05) is 0 Å². The number of fused-ring (bicyclic) bond motifs is 2. The van der Waals surface area contributed by atoms with E-state index in [1.54, 1.807) is 0 Å². The van der Waals surface area contributed by atoms with Crippen molar-refractivity contribution in [2.75, 3.05) is 0 Å². The van der Waals surface area contributed by atoms with Gasteiger partial charge in [0.2, 0.25) is 0 Å². The molecule has 0 aromatic heterocycles. The molecule has 2 fully saturated rings. The van der Waals surface area contributed by atoms with Crippen molar-refractivity contribution in [1.82, 2.24) is 0 Å². The highest BCUT2D eigenvalue weighted by Gasteiger charge is 2.51. The minimum atomic E-state index is -0.940. The van der Waals surface area contributed by atoms with Crippen molar-refractivity contribution in [2.45, 2.75) is 31.2 Å². The third kappa shape index (κ3) is 0.862. The SMILES string of the molecule is O=C(O)C1C2CCC(O2)C1O. The molecule has 2 saturated heterocycles. The molecule has 62 valence electrons. The largest absolute Gasteiger partial charge is 0.481 e. The topological polar surface area (TPSA) is 66.8 Å². The third-order valence-corrected chi connectivity index (χ3v) is 2.52. The van der Waals surface area contributed by atoms with Gasteiger partial charge in [-0.05, 0) is 12.8 Å². The van der Waals surface area contributed by atoms with Gasteiger partial charge in [0.05, 0.1) is 18.3 Å². The molecule has 0 aromatic carbocycles. The van der Waals surface area contributed by atoms with E-state index in [0.29, 0.717) is 0 Å². The number of aliphatic hydroxyl groups is 1. The van der Waals surface area contributed by atoms with Gasteiger partial charge in [-0.1, -0.05) is 0 Å². The lowest BCUT2D eigenvalue weighted by molar-refractivity contribution is -0.146. The molecule has 2 rings (SSSR count). The smallest absolute Gasteiger partial charge is 0.311 e. The Bertz CT molecular complexity index is 189.